The first-order valence-electron chi connectivity index (χ1n) is 6.17. The maximum atomic E-state index is 11.4. The van der Waals surface area contributed by atoms with E-state index in [0.29, 0.717) is 12.5 Å². The van der Waals surface area contributed by atoms with E-state index in [2.05, 4.69) is 15.0 Å². The molecule has 5 nitrogen and oxygen atoms in total. The number of hydrogen-bond acceptors (Lipinski definition) is 5. The Labute approximate surface area is 103 Å². The van der Waals surface area contributed by atoms with Gasteiger partial charge in [-0.1, -0.05) is 0 Å². The first kappa shape index (κ1) is 14.4. The van der Waals surface area contributed by atoms with Crippen LogP contribution in [0.25, 0.3) is 0 Å². The number of carbonyl (C=O) groups is 1. The number of aliphatic hydroxyl groups is 1. The number of likely N-dealkylation sites (tertiary alicyclic amines) is 1. The molecule has 0 aromatic carbocycles. The monoisotopic (exact) mass is 244 g/mol. The van der Waals surface area contributed by atoms with E-state index in [1.807, 2.05) is 7.05 Å². The Morgan fingerprint density at radius 2 is 2.35 bits per heavy atom. The molecule has 2 N–H and O–H groups in total. The van der Waals surface area contributed by atoms with Gasteiger partial charge in [-0.25, -0.2) is 4.79 Å². The largest absolute Gasteiger partial charge is 0.467 e. The number of esters is 1. The quantitative estimate of drug-likeness (QED) is 0.658. The van der Waals surface area contributed by atoms with Crippen LogP contribution in [-0.4, -0.2) is 61.9 Å². The first-order valence-corrected chi connectivity index (χ1v) is 6.17. The van der Waals surface area contributed by atoms with Crippen LogP contribution in [0.4, 0.5) is 0 Å². The molecule has 1 saturated heterocycles. The second kappa shape index (κ2) is 6.33. The Hall–Kier alpha value is -0.650. The molecule has 1 rings (SSSR count). The summed E-state index contributed by atoms with van der Waals surface area (Å²) in [6.07, 6.45) is 2.32. The molecule has 1 aliphatic heterocycles. The maximum Gasteiger partial charge on any atom is 0.338 e. The number of rotatable bonds is 5. The van der Waals surface area contributed by atoms with Gasteiger partial charge in [-0.2, -0.15) is 0 Å². The highest BCUT2D eigenvalue weighted by atomic mass is 16.5. The summed E-state index contributed by atoms with van der Waals surface area (Å²) >= 11 is 0. The summed E-state index contributed by atoms with van der Waals surface area (Å²) in [5.74, 6) is 0.0374. The number of ether oxygens (including phenoxy) is 1. The van der Waals surface area contributed by atoms with Gasteiger partial charge >= 0.3 is 5.97 Å². The van der Waals surface area contributed by atoms with Gasteiger partial charge in [0, 0.05) is 13.1 Å². The zero-order valence-electron chi connectivity index (χ0n) is 11.0. The molecule has 1 fully saturated rings. The van der Waals surface area contributed by atoms with Gasteiger partial charge in [0.15, 0.2) is 5.60 Å². The highest BCUT2D eigenvalue weighted by Crippen LogP contribution is 2.18. The Kier molecular flexibility index (Phi) is 5.36. The fourth-order valence-electron chi connectivity index (χ4n) is 2.47. The molecule has 2 unspecified atom stereocenters. The topological polar surface area (TPSA) is 61.8 Å². The summed E-state index contributed by atoms with van der Waals surface area (Å²) in [6.45, 7) is 4.71. The molecule has 100 valence electrons. The van der Waals surface area contributed by atoms with E-state index < -0.39 is 11.6 Å². The van der Waals surface area contributed by atoms with Crippen molar-refractivity contribution in [3.8, 4) is 0 Å². The van der Waals surface area contributed by atoms with Crippen LogP contribution in [0.1, 0.15) is 19.8 Å². The lowest BCUT2D eigenvalue weighted by Gasteiger charge is -2.36. The molecule has 0 amide bonds. The normalized spacial score (nSPS) is 25.3. The first-order chi connectivity index (χ1) is 7.99. The summed E-state index contributed by atoms with van der Waals surface area (Å²) < 4.78 is 4.60. The van der Waals surface area contributed by atoms with E-state index in [0.717, 1.165) is 26.1 Å². The van der Waals surface area contributed by atoms with E-state index >= 15 is 0 Å². The lowest BCUT2D eigenvalue weighted by Crippen LogP contribution is -2.50. The van der Waals surface area contributed by atoms with Crippen LogP contribution in [-0.2, 0) is 9.53 Å². The standard InChI is InChI=1S/C12H24N2O3/c1-12(16,11(15)17-3)9-14-6-4-5-10(8-14)7-13-2/h10,13,16H,4-9H2,1-3H3. The van der Waals surface area contributed by atoms with Gasteiger partial charge in [0.2, 0.25) is 0 Å². The SMILES string of the molecule is CNCC1CCCN(CC(C)(O)C(=O)OC)C1. The molecule has 2 atom stereocenters. The van der Waals surface area contributed by atoms with Crippen LogP contribution < -0.4 is 5.32 Å². The Morgan fingerprint density at radius 1 is 1.65 bits per heavy atom. The van der Waals surface area contributed by atoms with E-state index in [1.165, 1.54) is 20.5 Å². The zero-order chi connectivity index (χ0) is 12.9. The van der Waals surface area contributed by atoms with Crippen molar-refractivity contribution in [2.24, 2.45) is 5.92 Å². The fourth-order valence-corrected chi connectivity index (χ4v) is 2.47. The minimum absolute atomic E-state index is 0.347. The molecule has 1 aliphatic rings. The van der Waals surface area contributed by atoms with Gasteiger partial charge in [-0.05, 0) is 45.8 Å². The van der Waals surface area contributed by atoms with Crippen LogP contribution in [0.5, 0.6) is 0 Å². The summed E-state index contributed by atoms with van der Waals surface area (Å²) in [5, 5.41) is 13.2. The molecular formula is C12H24N2O3. The number of nitrogens with one attached hydrogen (secondary N) is 1. The number of methoxy groups -OCH3 is 1. The molecule has 0 spiro atoms. The average Bonchev–Trinajstić information content (AvgIpc) is 2.28. The number of nitrogens with zero attached hydrogens (tertiary/aromatic N) is 1. The van der Waals surface area contributed by atoms with Crippen molar-refractivity contribution in [3.05, 3.63) is 0 Å². The van der Waals surface area contributed by atoms with Gasteiger partial charge in [0.1, 0.15) is 0 Å². The molecule has 0 aliphatic carbocycles. The van der Waals surface area contributed by atoms with Gasteiger partial charge in [0.05, 0.1) is 7.11 Å². The van der Waals surface area contributed by atoms with Crippen molar-refractivity contribution in [2.75, 3.05) is 40.3 Å². The smallest absolute Gasteiger partial charge is 0.338 e. The molecular weight excluding hydrogens is 220 g/mol. The van der Waals surface area contributed by atoms with Crippen LogP contribution in [0.2, 0.25) is 0 Å². The molecule has 0 saturated carbocycles. The highest BCUT2D eigenvalue weighted by molar-refractivity contribution is 5.78. The van der Waals surface area contributed by atoms with Crippen molar-refractivity contribution >= 4 is 5.97 Å². The third kappa shape index (κ3) is 4.26. The van der Waals surface area contributed by atoms with E-state index in [9.17, 15) is 9.90 Å². The average molecular weight is 244 g/mol. The number of β-amino-alcohol motifs (C(OH)–C–C–N with tert-alkyl or cyclic N) is 1. The Bertz CT molecular complexity index is 254. The van der Waals surface area contributed by atoms with Crippen LogP contribution in [0, 0.1) is 5.92 Å². The Balaban J connectivity index is 2.47. The maximum absolute atomic E-state index is 11.4. The predicted octanol–water partition coefficient (Wildman–Crippen LogP) is -0.158. The Morgan fingerprint density at radius 3 is 2.94 bits per heavy atom. The lowest BCUT2D eigenvalue weighted by molar-refractivity contribution is -0.162. The van der Waals surface area contributed by atoms with Crippen molar-refractivity contribution in [2.45, 2.75) is 25.4 Å². The fraction of sp³-hybridized carbons (Fsp3) is 0.917. The van der Waals surface area contributed by atoms with Crippen LogP contribution >= 0.6 is 0 Å². The minimum Gasteiger partial charge on any atom is -0.467 e. The third-order valence-electron chi connectivity index (χ3n) is 3.25. The highest BCUT2D eigenvalue weighted by Gasteiger charge is 2.35. The summed E-state index contributed by atoms with van der Waals surface area (Å²) in [4.78, 5) is 13.5. The van der Waals surface area contributed by atoms with E-state index in [1.54, 1.807) is 0 Å². The molecule has 0 aromatic rings. The van der Waals surface area contributed by atoms with Gasteiger partial charge < -0.3 is 15.2 Å². The van der Waals surface area contributed by atoms with Crippen molar-refractivity contribution in [1.29, 1.82) is 0 Å². The zero-order valence-corrected chi connectivity index (χ0v) is 11.0. The molecule has 5 heteroatoms. The number of carbonyl (C=O) groups excluding carboxylic acids is 1. The summed E-state index contributed by atoms with van der Waals surface area (Å²) in [5.41, 5.74) is -1.41. The van der Waals surface area contributed by atoms with Crippen LogP contribution in [0.15, 0.2) is 0 Å². The number of piperidine rings is 1. The molecule has 0 radical (unpaired) electrons. The van der Waals surface area contributed by atoms with E-state index in [-0.39, 0.29) is 0 Å². The second-order valence-corrected chi connectivity index (χ2v) is 5.07. The van der Waals surface area contributed by atoms with Crippen molar-refractivity contribution in [1.82, 2.24) is 10.2 Å². The molecule has 0 aromatic heterocycles. The molecule has 0 bridgehead atoms. The summed E-state index contributed by atoms with van der Waals surface area (Å²) in [7, 11) is 3.25. The third-order valence-corrected chi connectivity index (χ3v) is 3.25. The lowest BCUT2D eigenvalue weighted by atomic mass is 9.96. The van der Waals surface area contributed by atoms with Gasteiger partial charge in [-0.15, -0.1) is 0 Å². The molecule has 17 heavy (non-hydrogen) atoms. The number of hydrogen-bond donors (Lipinski definition) is 2. The van der Waals surface area contributed by atoms with Crippen LogP contribution in [0.3, 0.4) is 0 Å². The second-order valence-electron chi connectivity index (χ2n) is 5.07. The molecule has 1 heterocycles. The van der Waals surface area contributed by atoms with E-state index in [4.69, 9.17) is 0 Å². The van der Waals surface area contributed by atoms with Crippen molar-refractivity contribution in [3.63, 3.8) is 0 Å². The van der Waals surface area contributed by atoms with Crippen molar-refractivity contribution < 1.29 is 14.6 Å². The summed E-state index contributed by atoms with van der Waals surface area (Å²) in [6, 6.07) is 0. The van der Waals surface area contributed by atoms with Gasteiger partial charge in [0.25, 0.3) is 0 Å². The predicted molar refractivity (Wildman–Crippen MR) is 65.7 cm³/mol. The minimum atomic E-state index is -1.41. The van der Waals surface area contributed by atoms with Gasteiger partial charge in [-0.3, -0.25) is 4.90 Å².